The Hall–Kier alpha value is -1.72. The van der Waals surface area contributed by atoms with Gasteiger partial charge in [0.05, 0.1) is 6.42 Å². The first kappa shape index (κ1) is 18.3. The van der Waals surface area contributed by atoms with Crippen molar-refractivity contribution in [3.63, 3.8) is 0 Å². The lowest BCUT2D eigenvalue weighted by molar-refractivity contribution is -0.120. The highest BCUT2D eigenvalue weighted by atomic mass is 16.2. The number of rotatable bonds is 10. The van der Waals surface area contributed by atoms with E-state index in [1.807, 2.05) is 6.92 Å². The number of carbonyl (C=O) groups excluding carboxylic acids is 3. The summed E-state index contributed by atoms with van der Waals surface area (Å²) in [5, 5.41) is 2.73. The molecule has 0 radical (unpaired) electrons. The predicted molar refractivity (Wildman–Crippen MR) is 85.4 cm³/mol. The molecule has 0 spiro atoms. The van der Waals surface area contributed by atoms with E-state index >= 15 is 0 Å². The molecule has 0 atom stereocenters. The second-order valence-electron chi connectivity index (χ2n) is 5.89. The fourth-order valence-electron chi connectivity index (χ4n) is 2.34. The third-order valence-corrected chi connectivity index (χ3v) is 3.92. The largest absolute Gasteiger partial charge is 0.369 e. The molecule has 1 saturated carbocycles. The first-order valence-corrected chi connectivity index (χ1v) is 8.19. The highest BCUT2D eigenvalue weighted by molar-refractivity contribution is 6.43. The molecule has 0 saturated heterocycles. The average Bonchev–Trinajstić information content (AvgIpc) is 2.40. The molecule has 0 aromatic heterocycles. The van der Waals surface area contributed by atoms with Crippen LogP contribution >= 0.6 is 0 Å². The smallest absolute Gasteiger partial charge is 0.266 e. The second-order valence-corrected chi connectivity index (χ2v) is 5.89. The highest BCUT2D eigenvalue weighted by Gasteiger charge is 2.19. The van der Waals surface area contributed by atoms with E-state index in [0.717, 1.165) is 25.7 Å². The Labute approximate surface area is 131 Å². The molecule has 3 amide bonds. The molecule has 6 nitrogen and oxygen atoms in total. The Balaban J connectivity index is 2.47. The summed E-state index contributed by atoms with van der Waals surface area (Å²) in [7, 11) is 0. The molecule has 0 heterocycles. The Morgan fingerprint density at radius 3 is 2.50 bits per heavy atom. The van der Waals surface area contributed by atoms with Gasteiger partial charge in [-0.3, -0.25) is 14.4 Å². The standard InChI is InChI=1S/C16H27N3O3/c1-2-3-4-8-15(21)19-13(11-14(17)20)16(22)18-10-9-12-6-5-7-12/h12H,2-11H2,1H3,(H2,17,20)(H,18,22). The number of primary amides is 1. The van der Waals surface area contributed by atoms with Crippen LogP contribution in [0.5, 0.6) is 0 Å². The number of unbranched alkanes of at least 4 members (excludes halogenated alkanes) is 2. The minimum atomic E-state index is -0.658. The molecule has 1 aliphatic rings. The van der Waals surface area contributed by atoms with Crippen molar-refractivity contribution in [1.29, 1.82) is 0 Å². The van der Waals surface area contributed by atoms with Crippen molar-refractivity contribution < 1.29 is 14.4 Å². The Morgan fingerprint density at radius 1 is 1.23 bits per heavy atom. The summed E-state index contributed by atoms with van der Waals surface area (Å²) in [5.74, 6) is -0.789. The van der Waals surface area contributed by atoms with E-state index in [-0.39, 0.29) is 18.0 Å². The van der Waals surface area contributed by atoms with Crippen LogP contribution in [0.15, 0.2) is 4.99 Å². The fourth-order valence-corrected chi connectivity index (χ4v) is 2.34. The van der Waals surface area contributed by atoms with Gasteiger partial charge >= 0.3 is 0 Å². The summed E-state index contributed by atoms with van der Waals surface area (Å²) in [6.07, 6.45) is 7.32. The molecule has 124 valence electrons. The van der Waals surface area contributed by atoms with Gasteiger partial charge in [0, 0.05) is 13.0 Å². The van der Waals surface area contributed by atoms with Crippen LogP contribution in [-0.4, -0.2) is 30.0 Å². The molecule has 1 fully saturated rings. The molecule has 1 aliphatic carbocycles. The Kier molecular flexibility index (Phi) is 8.40. The number of nitrogens with one attached hydrogen (secondary N) is 1. The van der Waals surface area contributed by atoms with Gasteiger partial charge in [0.25, 0.3) is 5.91 Å². The predicted octanol–water partition coefficient (Wildman–Crippen LogP) is 1.72. The van der Waals surface area contributed by atoms with E-state index in [1.54, 1.807) is 0 Å². The third-order valence-electron chi connectivity index (χ3n) is 3.92. The molecule has 6 heteroatoms. The van der Waals surface area contributed by atoms with Gasteiger partial charge < -0.3 is 11.1 Å². The SMILES string of the molecule is CCCCCC(=O)N=C(CC(N)=O)C(=O)NCCC1CCC1. The van der Waals surface area contributed by atoms with Gasteiger partial charge in [0.1, 0.15) is 5.71 Å². The normalized spacial score (nSPS) is 15.2. The van der Waals surface area contributed by atoms with E-state index in [1.165, 1.54) is 19.3 Å². The molecule has 0 unspecified atom stereocenters. The summed E-state index contributed by atoms with van der Waals surface area (Å²) in [5.41, 5.74) is 5.06. The van der Waals surface area contributed by atoms with Crippen LogP contribution in [-0.2, 0) is 14.4 Å². The van der Waals surface area contributed by atoms with Gasteiger partial charge in [-0.2, -0.15) is 0 Å². The summed E-state index contributed by atoms with van der Waals surface area (Å²) in [6.45, 7) is 2.59. The van der Waals surface area contributed by atoms with Gasteiger partial charge in [0.15, 0.2) is 0 Å². The zero-order chi connectivity index (χ0) is 16.4. The summed E-state index contributed by atoms with van der Waals surface area (Å²) >= 11 is 0. The lowest BCUT2D eigenvalue weighted by atomic mass is 9.83. The minimum absolute atomic E-state index is 0.0670. The maximum atomic E-state index is 12.0. The average molecular weight is 309 g/mol. The van der Waals surface area contributed by atoms with Crippen molar-refractivity contribution in [3.05, 3.63) is 0 Å². The number of nitrogens with zero attached hydrogens (tertiary/aromatic N) is 1. The number of hydrogen-bond donors (Lipinski definition) is 2. The number of aliphatic imine (C=N–C) groups is 1. The van der Waals surface area contributed by atoms with Crippen LogP contribution in [0, 0.1) is 5.92 Å². The molecular formula is C16H27N3O3. The van der Waals surface area contributed by atoms with Crippen molar-refractivity contribution in [3.8, 4) is 0 Å². The van der Waals surface area contributed by atoms with Crippen LogP contribution in [0.4, 0.5) is 0 Å². The van der Waals surface area contributed by atoms with E-state index in [2.05, 4.69) is 10.3 Å². The lowest BCUT2D eigenvalue weighted by Gasteiger charge is -2.25. The zero-order valence-electron chi connectivity index (χ0n) is 13.4. The van der Waals surface area contributed by atoms with Crippen molar-refractivity contribution in [2.45, 2.75) is 64.7 Å². The Bertz CT molecular complexity index is 428. The topological polar surface area (TPSA) is 102 Å². The van der Waals surface area contributed by atoms with E-state index in [4.69, 9.17) is 5.73 Å². The van der Waals surface area contributed by atoms with Crippen LogP contribution in [0.1, 0.15) is 64.7 Å². The van der Waals surface area contributed by atoms with Gasteiger partial charge in [0.2, 0.25) is 11.8 Å². The minimum Gasteiger partial charge on any atom is -0.369 e. The van der Waals surface area contributed by atoms with Crippen molar-refractivity contribution in [2.75, 3.05) is 6.54 Å². The summed E-state index contributed by atoms with van der Waals surface area (Å²) < 4.78 is 0. The van der Waals surface area contributed by atoms with Crippen LogP contribution < -0.4 is 11.1 Å². The molecule has 22 heavy (non-hydrogen) atoms. The van der Waals surface area contributed by atoms with E-state index in [0.29, 0.717) is 18.9 Å². The highest BCUT2D eigenvalue weighted by Crippen LogP contribution is 2.28. The number of carbonyl (C=O) groups is 3. The van der Waals surface area contributed by atoms with Gasteiger partial charge in [-0.15, -0.1) is 0 Å². The fraction of sp³-hybridized carbons (Fsp3) is 0.750. The molecular weight excluding hydrogens is 282 g/mol. The van der Waals surface area contributed by atoms with Gasteiger partial charge in [-0.25, -0.2) is 4.99 Å². The summed E-state index contributed by atoms with van der Waals surface area (Å²) in [4.78, 5) is 38.6. The van der Waals surface area contributed by atoms with Crippen molar-refractivity contribution in [2.24, 2.45) is 16.6 Å². The second kappa shape index (κ2) is 10.1. The number of hydrogen-bond acceptors (Lipinski definition) is 3. The molecule has 1 rings (SSSR count). The van der Waals surface area contributed by atoms with Crippen LogP contribution in [0.25, 0.3) is 0 Å². The molecule has 0 aromatic rings. The van der Waals surface area contributed by atoms with Gasteiger partial charge in [-0.1, -0.05) is 39.0 Å². The maximum Gasteiger partial charge on any atom is 0.266 e. The monoisotopic (exact) mass is 309 g/mol. The maximum absolute atomic E-state index is 12.0. The van der Waals surface area contributed by atoms with Crippen LogP contribution in [0.3, 0.4) is 0 Å². The lowest BCUT2D eigenvalue weighted by Crippen LogP contribution is -2.36. The number of amides is 3. The van der Waals surface area contributed by atoms with E-state index in [9.17, 15) is 14.4 Å². The molecule has 0 aromatic carbocycles. The Morgan fingerprint density at radius 2 is 1.95 bits per heavy atom. The third kappa shape index (κ3) is 7.33. The quantitative estimate of drug-likeness (QED) is 0.474. The van der Waals surface area contributed by atoms with Crippen molar-refractivity contribution >= 4 is 23.4 Å². The van der Waals surface area contributed by atoms with Gasteiger partial charge in [-0.05, 0) is 18.8 Å². The molecule has 0 aliphatic heterocycles. The summed E-state index contributed by atoms with van der Waals surface area (Å²) in [6, 6.07) is 0. The number of nitrogens with two attached hydrogens (primary N) is 1. The molecule has 3 N–H and O–H groups in total. The molecule has 0 bridgehead atoms. The van der Waals surface area contributed by atoms with E-state index < -0.39 is 11.8 Å². The zero-order valence-corrected chi connectivity index (χ0v) is 13.4. The first-order chi connectivity index (χ1) is 10.5. The van der Waals surface area contributed by atoms with Crippen molar-refractivity contribution in [1.82, 2.24) is 5.32 Å². The first-order valence-electron chi connectivity index (χ1n) is 8.19. The van der Waals surface area contributed by atoms with Crippen LogP contribution in [0.2, 0.25) is 0 Å².